The van der Waals surface area contributed by atoms with Crippen LogP contribution in [0.5, 0.6) is 5.75 Å². The van der Waals surface area contributed by atoms with Crippen LogP contribution in [0.15, 0.2) is 18.2 Å². The summed E-state index contributed by atoms with van der Waals surface area (Å²) in [6.07, 6.45) is 5.79. The second kappa shape index (κ2) is 4.24. The molecule has 0 amide bonds. The molecule has 2 unspecified atom stereocenters. The van der Waals surface area contributed by atoms with E-state index in [1.54, 1.807) is 0 Å². The predicted octanol–water partition coefficient (Wildman–Crippen LogP) is 4.12. The van der Waals surface area contributed by atoms with Crippen molar-refractivity contribution in [3.63, 3.8) is 0 Å². The number of nitrogens with two attached hydrogens (primary N) is 1. The van der Waals surface area contributed by atoms with Crippen LogP contribution in [0.3, 0.4) is 0 Å². The lowest BCUT2D eigenvalue weighted by molar-refractivity contribution is -0.0385. The molecule has 1 aromatic carbocycles. The van der Waals surface area contributed by atoms with Crippen molar-refractivity contribution < 1.29 is 4.74 Å². The lowest BCUT2D eigenvalue weighted by Crippen LogP contribution is -2.48. The first-order valence-electron chi connectivity index (χ1n) is 7.44. The van der Waals surface area contributed by atoms with Crippen molar-refractivity contribution in [3.8, 4) is 5.75 Å². The van der Waals surface area contributed by atoms with Gasteiger partial charge < -0.3 is 10.5 Å². The van der Waals surface area contributed by atoms with Crippen LogP contribution in [0.2, 0.25) is 0 Å². The summed E-state index contributed by atoms with van der Waals surface area (Å²) in [5.74, 6) is 1.02. The molecule has 1 saturated carbocycles. The number of hydrogen-bond acceptors (Lipinski definition) is 2. The number of rotatable bonds is 0. The molecule has 0 saturated heterocycles. The molecule has 0 radical (unpaired) electrons. The summed E-state index contributed by atoms with van der Waals surface area (Å²) in [5.41, 5.74) is 9.23. The summed E-state index contributed by atoms with van der Waals surface area (Å²) in [5, 5.41) is 0. The number of benzene rings is 1. The molecule has 104 valence electrons. The van der Waals surface area contributed by atoms with Crippen LogP contribution in [0.4, 0.5) is 0 Å². The summed E-state index contributed by atoms with van der Waals surface area (Å²) in [6, 6.07) is 6.53. The molecule has 2 N–H and O–H groups in total. The molecule has 1 aromatic rings. The Kier molecular flexibility index (Phi) is 2.90. The van der Waals surface area contributed by atoms with Crippen LogP contribution in [-0.4, -0.2) is 5.60 Å². The minimum Gasteiger partial charge on any atom is -0.487 e. The maximum Gasteiger partial charge on any atom is 0.124 e. The standard InChI is InChI=1S/C17H25NO/c1-12-5-6-15-13(9-12)14(18)10-17(19-15)8-4-7-16(2,3)11-17/h5-6,9,14H,4,7-8,10-11,18H2,1-3H3. The zero-order chi connectivity index (χ0) is 13.7. The smallest absolute Gasteiger partial charge is 0.124 e. The Morgan fingerprint density at radius 2 is 2.05 bits per heavy atom. The molecule has 1 fully saturated rings. The van der Waals surface area contributed by atoms with Crippen molar-refractivity contribution in [2.45, 2.75) is 64.5 Å². The zero-order valence-corrected chi connectivity index (χ0v) is 12.3. The van der Waals surface area contributed by atoms with Gasteiger partial charge in [-0.2, -0.15) is 0 Å². The SMILES string of the molecule is Cc1ccc2c(c1)C(N)CC1(CCCC(C)(C)C1)O2. The third-order valence-electron chi connectivity index (χ3n) is 4.77. The first-order chi connectivity index (χ1) is 8.89. The van der Waals surface area contributed by atoms with Gasteiger partial charge in [-0.1, -0.05) is 31.5 Å². The minimum atomic E-state index is -0.0244. The van der Waals surface area contributed by atoms with Crippen LogP contribution in [0.1, 0.15) is 63.1 Å². The Balaban J connectivity index is 1.94. The summed E-state index contributed by atoms with van der Waals surface area (Å²) in [6.45, 7) is 6.82. The van der Waals surface area contributed by atoms with E-state index in [-0.39, 0.29) is 11.6 Å². The van der Waals surface area contributed by atoms with Crippen molar-refractivity contribution in [2.75, 3.05) is 0 Å². The van der Waals surface area contributed by atoms with Gasteiger partial charge >= 0.3 is 0 Å². The van der Waals surface area contributed by atoms with Gasteiger partial charge in [-0.05, 0) is 44.1 Å². The van der Waals surface area contributed by atoms with E-state index < -0.39 is 0 Å². The second-order valence-corrected chi connectivity index (χ2v) is 7.33. The first-order valence-corrected chi connectivity index (χ1v) is 7.44. The molecule has 2 atom stereocenters. The maximum atomic E-state index is 6.44. The van der Waals surface area contributed by atoms with Gasteiger partial charge in [0.2, 0.25) is 0 Å². The Labute approximate surface area is 116 Å². The highest BCUT2D eigenvalue weighted by Crippen LogP contribution is 2.50. The number of ether oxygens (including phenoxy) is 1. The first kappa shape index (κ1) is 13.0. The molecule has 1 spiro atoms. The Morgan fingerprint density at radius 3 is 2.79 bits per heavy atom. The molecule has 19 heavy (non-hydrogen) atoms. The summed E-state index contributed by atoms with van der Waals surface area (Å²) in [7, 11) is 0. The highest BCUT2D eigenvalue weighted by molar-refractivity contribution is 5.41. The maximum absolute atomic E-state index is 6.44. The average molecular weight is 259 g/mol. The van der Waals surface area contributed by atoms with Crippen LogP contribution >= 0.6 is 0 Å². The van der Waals surface area contributed by atoms with Crippen LogP contribution in [0, 0.1) is 12.3 Å². The molecule has 0 bridgehead atoms. The number of hydrogen-bond donors (Lipinski definition) is 1. The van der Waals surface area contributed by atoms with Crippen LogP contribution < -0.4 is 10.5 Å². The van der Waals surface area contributed by atoms with Crippen molar-refractivity contribution in [1.29, 1.82) is 0 Å². The Bertz CT molecular complexity index is 494. The fourth-order valence-corrected chi connectivity index (χ4v) is 4.04. The van der Waals surface area contributed by atoms with E-state index in [2.05, 4.69) is 39.0 Å². The Hall–Kier alpha value is -1.02. The van der Waals surface area contributed by atoms with Crippen molar-refractivity contribution >= 4 is 0 Å². The van der Waals surface area contributed by atoms with Crippen molar-refractivity contribution in [2.24, 2.45) is 11.1 Å². The number of aryl methyl sites for hydroxylation is 1. The van der Waals surface area contributed by atoms with E-state index in [0.717, 1.165) is 25.0 Å². The molecule has 1 heterocycles. The van der Waals surface area contributed by atoms with Gasteiger partial charge in [-0.25, -0.2) is 0 Å². The van der Waals surface area contributed by atoms with E-state index in [4.69, 9.17) is 10.5 Å². The van der Waals surface area contributed by atoms with Crippen LogP contribution in [-0.2, 0) is 0 Å². The predicted molar refractivity (Wildman–Crippen MR) is 78.3 cm³/mol. The summed E-state index contributed by atoms with van der Waals surface area (Å²) >= 11 is 0. The monoisotopic (exact) mass is 259 g/mol. The topological polar surface area (TPSA) is 35.2 Å². The van der Waals surface area contributed by atoms with Gasteiger partial charge in [0.1, 0.15) is 11.4 Å². The Morgan fingerprint density at radius 1 is 1.26 bits per heavy atom. The van der Waals surface area contributed by atoms with E-state index >= 15 is 0 Å². The van der Waals surface area contributed by atoms with Crippen molar-refractivity contribution in [3.05, 3.63) is 29.3 Å². The third-order valence-corrected chi connectivity index (χ3v) is 4.77. The van der Waals surface area contributed by atoms with Gasteiger partial charge in [0.05, 0.1) is 0 Å². The molecule has 2 heteroatoms. The lowest BCUT2D eigenvalue weighted by Gasteiger charge is -2.48. The van der Waals surface area contributed by atoms with Gasteiger partial charge in [0.15, 0.2) is 0 Å². The third kappa shape index (κ3) is 2.38. The van der Waals surface area contributed by atoms with Crippen molar-refractivity contribution in [1.82, 2.24) is 0 Å². The van der Waals surface area contributed by atoms with E-state index in [1.165, 1.54) is 24.0 Å². The second-order valence-electron chi connectivity index (χ2n) is 7.33. The van der Waals surface area contributed by atoms with Gasteiger partial charge in [0.25, 0.3) is 0 Å². The largest absolute Gasteiger partial charge is 0.487 e. The number of fused-ring (bicyclic) bond motifs is 1. The molecule has 2 nitrogen and oxygen atoms in total. The minimum absolute atomic E-state index is 0.0244. The quantitative estimate of drug-likeness (QED) is 0.760. The lowest BCUT2D eigenvalue weighted by atomic mass is 9.66. The van der Waals surface area contributed by atoms with E-state index in [0.29, 0.717) is 5.41 Å². The van der Waals surface area contributed by atoms with Gasteiger partial charge in [-0.3, -0.25) is 0 Å². The molecule has 3 rings (SSSR count). The zero-order valence-electron chi connectivity index (χ0n) is 12.3. The fourth-order valence-electron chi connectivity index (χ4n) is 4.04. The van der Waals surface area contributed by atoms with Crippen LogP contribution in [0.25, 0.3) is 0 Å². The van der Waals surface area contributed by atoms with E-state index in [1.807, 2.05) is 0 Å². The summed E-state index contributed by atoms with van der Waals surface area (Å²) in [4.78, 5) is 0. The molecule has 1 aliphatic heterocycles. The molecule has 0 aromatic heterocycles. The average Bonchev–Trinajstić information content (AvgIpc) is 2.29. The molecule has 1 aliphatic carbocycles. The highest BCUT2D eigenvalue weighted by Gasteiger charge is 2.45. The normalized spacial score (nSPS) is 32.7. The molecular formula is C17H25NO. The van der Waals surface area contributed by atoms with E-state index in [9.17, 15) is 0 Å². The van der Waals surface area contributed by atoms with Gasteiger partial charge in [-0.15, -0.1) is 0 Å². The summed E-state index contributed by atoms with van der Waals surface area (Å²) < 4.78 is 6.44. The molecule has 2 aliphatic rings. The van der Waals surface area contributed by atoms with Gasteiger partial charge in [0, 0.05) is 18.0 Å². The molecular weight excluding hydrogens is 234 g/mol. The highest BCUT2D eigenvalue weighted by atomic mass is 16.5. The fraction of sp³-hybridized carbons (Fsp3) is 0.647.